The van der Waals surface area contributed by atoms with Gasteiger partial charge < -0.3 is 19.8 Å². The number of carbonyl (C=O) groups excluding carboxylic acids is 2. The quantitative estimate of drug-likeness (QED) is 0.496. The highest BCUT2D eigenvalue weighted by atomic mass is 35.5. The number of hydrogen-bond donors (Lipinski definition) is 1. The largest absolute Gasteiger partial charge is 0.392 e. The molecule has 0 bridgehead atoms. The molecule has 0 aromatic heterocycles. The van der Waals surface area contributed by atoms with E-state index in [1.807, 2.05) is 4.90 Å². The first-order valence-corrected chi connectivity index (χ1v) is 11.8. The molecule has 6 nitrogen and oxygen atoms in total. The van der Waals surface area contributed by atoms with Crippen LogP contribution in [0.15, 0.2) is 24.3 Å². The van der Waals surface area contributed by atoms with Gasteiger partial charge in [0, 0.05) is 51.8 Å². The predicted molar refractivity (Wildman–Crippen MR) is 124 cm³/mol. The molecule has 0 unspecified atom stereocenters. The fraction of sp³-hybridized carbons (Fsp3) is 0.583. The second-order valence-electron chi connectivity index (χ2n) is 8.92. The van der Waals surface area contributed by atoms with Crippen LogP contribution in [0.3, 0.4) is 0 Å². The van der Waals surface area contributed by atoms with Gasteiger partial charge in [0.25, 0.3) is 0 Å². The Balaban J connectivity index is 1.42. The van der Waals surface area contributed by atoms with Crippen molar-refractivity contribution >= 4 is 29.5 Å². The highest BCUT2D eigenvalue weighted by Gasteiger charge is 2.24. The van der Waals surface area contributed by atoms with Crippen molar-refractivity contribution in [1.29, 1.82) is 0 Å². The third kappa shape index (κ3) is 7.29. The molecule has 3 rings (SSSR count). The Bertz CT molecular complexity index is 825. The summed E-state index contributed by atoms with van der Waals surface area (Å²) in [7, 11) is 0. The van der Waals surface area contributed by atoms with E-state index in [9.17, 15) is 19.1 Å². The van der Waals surface area contributed by atoms with Crippen molar-refractivity contribution in [2.45, 2.75) is 38.7 Å². The van der Waals surface area contributed by atoms with Crippen LogP contribution in [-0.2, 0) is 9.59 Å². The maximum atomic E-state index is 13.3. The van der Waals surface area contributed by atoms with Gasteiger partial charge in [0.15, 0.2) is 0 Å². The Morgan fingerprint density at radius 2 is 2.00 bits per heavy atom. The van der Waals surface area contributed by atoms with Crippen LogP contribution in [0, 0.1) is 11.7 Å². The number of rotatable bonds is 7. The molecule has 2 aliphatic rings. The molecule has 2 atom stereocenters. The zero-order chi connectivity index (χ0) is 23.1. The molecule has 176 valence electrons. The highest BCUT2D eigenvalue weighted by Crippen LogP contribution is 2.18. The lowest BCUT2D eigenvalue weighted by molar-refractivity contribution is -0.130. The summed E-state index contributed by atoms with van der Waals surface area (Å²) < 4.78 is 13.3. The molecule has 2 fully saturated rings. The van der Waals surface area contributed by atoms with Gasteiger partial charge in [-0.2, -0.15) is 0 Å². The molecule has 2 saturated heterocycles. The minimum atomic E-state index is -0.496. The summed E-state index contributed by atoms with van der Waals surface area (Å²) in [6.45, 7) is 6.98. The van der Waals surface area contributed by atoms with Crippen LogP contribution in [0.1, 0.15) is 38.2 Å². The van der Waals surface area contributed by atoms with E-state index in [2.05, 4.69) is 11.8 Å². The third-order valence-electron chi connectivity index (χ3n) is 6.13. The van der Waals surface area contributed by atoms with Crippen molar-refractivity contribution in [3.63, 3.8) is 0 Å². The lowest BCUT2D eigenvalue weighted by Gasteiger charge is -2.34. The molecular formula is C24H33ClFN3O3. The SMILES string of the molecule is C[C@H]1C[C@@H](O)CN(CCCCN2CCN(C(=O)/C=C/c3ccc(F)c(Cl)c3)CCC2=O)C1. The highest BCUT2D eigenvalue weighted by molar-refractivity contribution is 6.30. The second kappa shape index (κ2) is 11.8. The molecule has 8 heteroatoms. The van der Waals surface area contributed by atoms with Crippen LogP contribution in [0.4, 0.5) is 4.39 Å². The van der Waals surface area contributed by atoms with E-state index >= 15 is 0 Å². The van der Waals surface area contributed by atoms with Crippen LogP contribution >= 0.6 is 11.6 Å². The lowest BCUT2D eigenvalue weighted by atomic mass is 9.98. The van der Waals surface area contributed by atoms with E-state index in [1.54, 1.807) is 17.0 Å². The van der Waals surface area contributed by atoms with Crippen molar-refractivity contribution in [1.82, 2.24) is 14.7 Å². The monoisotopic (exact) mass is 465 g/mol. The number of nitrogens with zero attached hydrogens (tertiary/aromatic N) is 3. The number of aliphatic hydroxyl groups is 1. The Morgan fingerprint density at radius 3 is 2.75 bits per heavy atom. The van der Waals surface area contributed by atoms with Gasteiger partial charge in [-0.3, -0.25) is 9.59 Å². The van der Waals surface area contributed by atoms with E-state index in [-0.39, 0.29) is 22.9 Å². The van der Waals surface area contributed by atoms with Gasteiger partial charge in [-0.25, -0.2) is 4.39 Å². The van der Waals surface area contributed by atoms with E-state index in [4.69, 9.17) is 11.6 Å². The maximum absolute atomic E-state index is 13.3. The molecule has 0 radical (unpaired) electrons. The molecular weight excluding hydrogens is 433 g/mol. The average molecular weight is 466 g/mol. The molecule has 2 aliphatic heterocycles. The number of carbonyl (C=O) groups is 2. The molecule has 0 aliphatic carbocycles. The molecule has 32 heavy (non-hydrogen) atoms. The number of likely N-dealkylation sites (tertiary alicyclic amines) is 1. The number of unbranched alkanes of at least 4 members (excludes halogenated alkanes) is 1. The van der Waals surface area contributed by atoms with Gasteiger partial charge in [0.05, 0.1) is 11.1 Å². The Hall–Kier alpha value is -1.96. The number of β-amino-alcohol motifs (C(OH)–C–C–N with tert-alkyl or cyclic N) is 1. The van der Waals surface area contributed by atoms with Crippen molar-refractivity contribution in [3.05, 3.63) is 40.7 Å². The molecule has 2 heterocycles. The average Bonchev–Trinajstić information content (AvgIpc) is 2.93. The first kappa shape index (κ1) is 24.7. The summed E-state index contributed by atoms with van der Waals surface area (Å²) in [4.78, 5) is 30.9. The van der Waals surface area contributed by atoms with Crippen LogP contribution in [0.25, 0.3) is 6.08 Å². The third-order valence-corrected chi connectivity index (χ3v) is 6.42. The van der Waals surface area contributed by atoms with Gasteiger partial charge in [-0.05, 0) is 55.5 Å². The fourth-order valence-electron chi connectivity index (χ4n) is 4.46. The smallest absolute Gasteiger partial charge is 0.246 e. The Kier molecular flexibility index (Phi) is 9.08. The van der Waals surface area contributed by atoms with E-state index in [0.717, 1.165) is 38.9 Å². The van der Waals surface area contributed by atoms with E-state index < -0.39 is 5.82 Å². The van der Waals surface area contributed by atoms with Gasteiger partial charge in [0.1, 0.15) is 5.82 Å². The van der Waals surface area contributed by atoms with Gasteiger partial charge in [-0.15, -0.1) is 0 Å². The van der Waals surface area contributed by atoms with Gasteiger partial charge in [0.2, 0.25) is 11.8 Å². The van der Waals surface area contributed by atoms with Crippen molar-refractivity contribution in [2.75, 3.05) is 45.8 Å². The predicted octanol–water partition coefficient (Wildman–Crippen LogP) is 3.04. The summed E-state index contributed by atoms with van der Waals surface area (Å²) in [5.41, 5.74) is 0.646. The fourth-order valence-corrected chi connectivity index (χ4v) is 4.65. The summed E-state index contributed by atoms with van der Waals surface area (Å²) in [6, 6.07) is 4.30. The number of benzene rings is 1. The number of amides is 2. The summed E-state index contributed by atoms with van der Waals surface area (Å²) in [5, 5.41) is 9.93. The molecule has 0 spiro atoms. The number of aliphatic hydroxyl groups excluding tert-OH is 1. The molecule has 1 aromatic rings. The summed E-state index contributed by atoms with van der Waals surface area (Å²) in [5.74, 6) is -0.0672. The molecule has 2 amide bonds. The van der Waals surface area contributed by atoms with Gasteiger partial charge >= 0.3 is 0 Å². The molecule has 1 aromatic carbocycles. The van der Waals surface area contributed by atoms with Crippen molar-refractivity contribution in [3.8, 4) is 0 Å². The van der Waals surface area contributed by atoms with Gasteiger partial charge in [-0.1, -0.05) is 24.6 Å². The lowest BCUT2D eigenvalue weighted by Crippen LogP contribution is -2.42. The minimum Gasteiger partial charge on any atom is -0.392 e. The van der Waals surface area contributed by atoms with Crippen molar-refractivity contribution in [2.24, 2.45) is 5.92 Å². The minimum absolute atomic E-state index is 0.0154. The topological polar surface area (TPSA) is 64.1 Å². The van der Waals surface area contributed by atoms with Crippen LogP contribution < -0.4 is 0 Å². The first-order chi connectivity index (χ1) is 15.3. The summed E-state index contributed by atoms with van der Waals surface area (Å²) >= 11 is 5.78. The van der Waals surface area contributed by atoms with Crippen LogP contribution in [-0.4, -0.2) is 83.5 Å². The van der Waals surface area contributed by atoms with Crippen LogP contribution in [0.2, 0.25) is 5.02 Å². The molecule has 1 N–H and O–H groups in total. The standard InChI is InChI=1S/C24H33ClFN3O3/c1-18-14-20(30)17-27(16-18)9-2-3-10-28-12-13-29(11-8-24(28)32)23(31)7-5-19-4-6-22(26)21(25)15-19/h4-7,15,18,20,30H,2-3,8-14,16-17H2,1H3/b7-5+/t18-,20+/m0/s1. The summed E-state index contributed by atoms with van der Waals surface area (Å²) in [6.07, 6.45) is 5.90. The zero-order valence-electron chi connectivity index (χ0n) is 18.7. The normalized spacial score (nSPS) is 23.1. The van der Waals surface area contributed by atoms with E-state index in [1.165, 1.54) is 18.2 Å². The first-order valence-electron chi connectivity index (χ1n) is 11.4. The Morgan fingerprint density at radius 1 is 1.22 bits per heavy atom. The maximum Gasteiger partial charge on any atom is 0.246 e. The Labute approximate surface area is 194 Å². The van der Waals surface area contributed by atoms with Crippen molar-refractivity contribution < 1.29 is 19.1 Å². The number of piperidine rings is 1. The zero-order valence-corrected chi connectivity index (χ0v) is 19.4. The van der Waals surface area contributed by atoms with Crippen LogP contribution in [0.5, 0.6) is 0 Å². The number of halogens is 2. The molecule has 0 saturated carbocycles. The second-order valence-corrected chi connectivity index (χ2v) is 9.33. The number of hydrogen-bond acceptors (Lipinski definition) is 4. The van der Waals surface area contributed by atoms with E-state index in [0.29, 0.717) is 44.1 Å².